The summed E-state index contributed by atoms with van der Waals surface area (Å²) in [6.45, 7) is 2.75. The fourth-order valence-corrected chi connectivity index (χ4v) is 2.46. The summed E-state index contributed by atoms with van der Waals surface area (Å²) in [5.41, 5.74) is 0. The third-order valence-electron chi connectivity index (χ3n) is 3.65. The lowest BCUT2D eigenvalue weighted by Gasteiger charge is -2.27. The predicted octanol–water partition coefficient (Wildman–Crippen LogP) is 2.84. The molecule has 1 fully saturated rings. The molecular weight excluding hydrogens is 238 g/mol. The van der Waals surface area contributed by atoms with Gasteiger partial charge >= 0.3 is 0 Å². The summed E-state index contributed by atoms with van der Waals surface area (Å²) >= 11 is 0. The largest absolute Gasteiger partial charge is 0.335 e. The molecule has 0 saturated heterocycles. The first-order valence-electron chi connectivity index (χ1n) is 6.42. The highest BCUT2D eigenvalue weighted by Gasteiger charge is 2.37. The molecule has 0 aromatic carbocycles. The number of rotatable bonds is 4. The second kappa shape index (κ2) is 5.16. The predicted molar refractivity (Wildman–Crippen MR) is 63.5 cm³/mol. The van der Waals surface area contributed by atoms with Gasteiger partial charge in [-0.25, -0.2) is 13.8 Å². The summed E-state index contributed by atoms with van der Waals surface area (Å²) in [4.78, 5) is 16.2. The molecule has 2 rings (SSSR count). The van der Waals surface area contributed by atoms with Gasteiger partial charge in [0, 0.05) is 37.7 Å². The molecular formula is C13H18F2N2O. The van der Waals surface area contributed by atoms with Crippen molar-refractivity contribution < 1.29 is 13.6 Å². The average molecular weight is 256 g/mol. The van der Waals surface area contributed by atoms with Crippen molar-refractivity contribution in [3.05, 3.63) is 18.2 Å². The van der Waals surface area contributed by atoms with Gasteiger partial charge in [-0.3, -0.25) is 4.79 Å². The molecule has 1 heterocycles. The molecule has 100 valence electrons. The zero-order chi connectivity index (χ0) is 13.2. The van der Waals surface area contributed by atoms with Crippen molar-refractivity contribution in [2.75, 3.05) is 0 Å². The number of carbonyl (C=O) groups excluding carboxylic acids is 1. The number of Topliss-reactive ketones (excluding diaryl/α,β-unsaturated/α-hetero) is 1. The molecule has 1 saturated carbocycles. The topological polar surface area (TPSA) is 34.9 Å². The molecule has 0 bridgehead atoms. The lowest BCUT2D eigenvalue weighted by Crippen LogP contribution is -2.29. The number of imidazole rings is 1. The van der Waals surface area contributed by atoms with Crippen LogP contribution in [0.3, 0.4) is 0 Å². The van der Waals surface area contributed by atoms with Crippen molar-refractivity contribution in [2.24, 2.45) is 5.92 Å². The monoisotopic (exact) mass is 256 g/mol. The number of hydrogen-bond acceptors (Lipinski definition) is 2. The van der Waals surface area contributed by atoms with Gasteiger partial charge in [0.15, 0.2) is 0 Å². The van der Waals surface area contributed by atoms with Gasteiger partial charge in [0.2, 0.25) is 5.92 Å². The molecule has 1 aliphatic carbocycles. The molecule has 0 atom stereocenters. The van der Waals surface area contributed by atoms with Crippen molar-refractivity contribution in [2.45, 2.75) is 51.5 Å². The van der Waals surface area contributed by atoms with E-state index in [4.69, 9.17) is 0 Å². The van der Waals surface area contributed by atoms with E-state index in [0.717, 1.165) is 12.4 Å². The Morgan fingerprint density at radius 2 is 2.17 bits per heavy atom. The summed E-state index contributed by atoms with van der Waals surface area (Å²) in [6.07, 6.45) is 4.05. The first kappa shape index (κ1) is 13.2. The van der Waals surface area contributed by atoms with Gasteiger partial charge in [0.1, 0.15) is 11.6 Å². The maximum absolute atomic E-state index is 13.0. The third kappa shape index (κ3) is 2.94. The van der Waals surface area contributed by atoms with Crippen molar-refractivity contribution in [3.63, 3.8) is 0 Å². The van der Waals surface area contributed by atoms with E-state index in [0.29, 0.717) is 12.8 Å². The Morgan fingerprint density at radius 1 is 1.50 bits per heavy atom. The molecule has 0 spiro atoms. The minimum absolute atomic E-state index is 0.0476. The average Bonchev–Trinajstić information content (AvgIpc) is 2.76. The number of halogens is 2. The Balaban J connectivity index is 1.93. The SMILES string of the molecule is CCn1ccnc1CC(=O)C1CCC(F)(F)CC1. The van der Waals surface area contributed by atoms with E-state index >= 15 is 0 Å². The summed E-state index contributed by atoms with van der Waals surface area (Å²) in [6, 6.07) is 0. The smallest absolute Gasteiger partial charge is 0.248 e. The van der Waals surface area contributed by atoms with Crippen LogP contribution in [0.5, 0.6) is 0 Å². The van der Waals surface area contributed by atoms with Crippen LogP contribution in [0.4, 0.5) is 8.78 Å². The Hall–Kier alpha value is -1.26. The zero-order valence-electron chi connectivity index (χ0n) is 10.5. The number of ketones is 1. The Kier molecular flexibility index (Phi) is 3.78. The van der Waals surface area contributed by atoms with Crippen LogP contribution < -0.4 is 0 Å². The molecule has 0 aliphatic heterocycles. The minimum atomic E-state index is -2.57. The molecule has 1 aromatic rings. The Labute approximate surface area is 105 Å². The van der Waals surface area contributed by atoms with Crippen LogP contribution in [0, 0.1) is 5.92 Å². The maximum Gasteiger partial charge on any atom is 0.248 e. The van der Waals surface area contributed by atoms with Crippen LogP contribution in [-0.2, 0) is 17.8 Å². The lowest BCUT2D eigenvalue weighted by molar-refractivity contribution is -0.126. The van der Waals surface area contributed by atoms with Gasteiger partial charge in [0.05, 0.1) is 6.42 Å². The van der Waals surface area contributed by atoms with Crippen molar-refractivity contribution in [1.82, 2.24) is 9.55 Å². The van der Waals surface area contributed by atoms with Gasteiger partial charge in [0.25, 0.3) is 0 Å². The second-order valence-corrected chi connectivity index (χ2v) is 4.90. The minimum Gasteiger partial charge on any atom is -0.335 e. The molecule has 0 unspecified atom stereocenters. The van der Waals surface area contributed by atoms with Gasteiger partial charge in [-0.2, -0.15) is 0 Å². The summed E-state index contributed by atoms with van der Waals surface area (Å²) < 4.78 is 27.9. The van der Waals surface area contributed by atoms with Crippen LogP contribution in [0.15, 0.2) is 12.4 Å². The number of nitrogens with zero attached hydrogens (tertiary/aromatic N) is 2. The fourth-order valence-electron chi connectivity index (χ4n) is 2.46. The van der Waals surface area contributed by atoms with Gasteiger partial charge in [-0.05, 0) is 19.8 Å². The van der Waals surface area contributed by atoms with Gasteiger partial charge < -0.3 is 4.57 Å². The quantitative estimate of drug-likeness (QED) is 0.830. The number of aryl methyl sites for hydroxylation is 1. The normalized spacial score (nSPS) is 19.9. The molecule has 0 N–H and O–H groups in total. The highest BCUT2D eigenvalue weighted by atomic mass is 19.3. The Bertz CT molecular complexity index is 418. The first-order valence-corrected chi connectivity index (χ1v) is 6.42. The molecule has 0 amide bonds. The molecule has 18 heavy (non-hydrogen) atoms. The van der Waals surface area contributed by atoms with Crippen molar-refractivity contribution >= 4 is 5.78 Å². The standard InChI is InChI=1S/C13H18F2N2O/c1-2-17-8-7-16-12(17)9-11(18)10-3-5-13(14,15)6-4-10/h7-8,10H,2-6,9H2,1H3. The summed E-state index contributed by atoms with van der Waals surface area (Å²) in [5.74, 6) is -2.00. The molecule has 3 nitrogen and oxygen atoms in total. The van der Waals surface area contributed by atoms with Crippen LogP contribution in [0.2, 0.25) is 0 Å². The Morgan fingerprint density at radius 3 is 2.78 bits per heavy atom. The van der Waals surface area contributed by atoms with Crippen LogP contribution >= 0.6 is 0 Å². The van der Waals surface area contributed by atoms with E-state index in [-0.39, 0.29) is 31.0 Å². The first-order chi connectivity index (χ1) is 8.52. The fraction of sp³-hybridized carbons (Fsp3) is 0.692. The summed E-state index contributed by atoms with van der Waals surface area (Å²) in [7, 11) is 0. The van der Waals surface area contributed by atoms with E-state index in [1.165, 1.54) is 0 Å². The van der Waals surface area contributed by atoms with Crippen LogP contribution in [0.25, 0.3) is 0 Å². The molecule has 0 radical (unpaired) electrons. The number of carbonyl (C=O) groups is 1. The second-order valence-electron chi connectivity index (χ2n) is 4.90. The molecule has 1 aliphatic rings. The van der Waals surface area contributed by atoms with E-state index < -0.39 is 5.92 Å². The van der Waals surface area contributed by atoms with Gasteiger partial charge in [-0.1, -0.05) is 0 Å². The number of aromatic nitrogens is 2. The van der Waals surface area contributed by atoms with Crippen LogP contribution in [0.1, 0.15) is 38.4 Å². The zero-order valence-corrected chi connectivity index (χ0v) is 10.5. The van der Waals surface area contributed by atoms with Crippen molar-refractivity contribution in [3.8, 4) is 0 Å². The highest BCUT2D eigenvalue weighted by Crippen LogP contribution is 2.36. The van der Waals surface area contributed by atoms with E-state index in [1.54, 1.807) is 6.20 Å². The maximum atomic E-state index is 13.0. The highest BCUT2D eigenvalue weighted by molar-refractivity contribution is 5.82. The third-order valence-corrected chi connectivity index (χ3v) is 3.65. The molecule has 5 heteroatoms. The van der Waals surface area contributed by atoms with Crippen molar-refractivity contribution in [1.29, 1.82) is 0 Å². The van der Waals surface area contributed by atoms with E-state index in [1.807, 2.05) is 17.7 Å². The summed E-state index contributed by atoms with van der Waals surface area (Å²) in [5, 5.41) is 0. The van der Waals surface area contributed by atoms with Crippen LogP contribution in [-0.4, -0.2) is 21.3 Å². The van der Waals surface area contributed by atoms with E-state index in [2.05, 4.69) is 4.98 Å². The van der Waals surface area contributed by atoms with Gasteiger partial charge in [-0.15, -0.1) is 0 Å². The lowest BCUT2D eigenvalue weighted by atomic mass is 9.83. The van der Waals surface area contributed by atoms with E-state index in [9.17, 15) is 13.6 Å². The number of alkyl halides is 2. The molecule has 1 aromatic heterocycles. The number of hydrogen-bond donors (Lipinski definition) is 0.